The zero-order chi connectivity index (χ0) is 23.3. The van der Waals surface area contributed by atoms with Gasteiger partial charge in [0.1, 0.15) is 6.10 Å². The molecule has 1 atom stereocenters. The third-order valence-electron chi connectivity index (χ3n) is 5.93. The van der Waals surface area contributed by atoms with E-state index in [1.165, 1.54) is 51.2 Å². The monoisotopic (exact) mass is 448 g/mol. The summed E-state index contributed by atoms with van der Waals surface area (Å²) in [5, 5.41) is 0. The molecule has 0 saturated carbocycles. The van der Waals surface area contributed by atoms with E-state index in [1.807, 2.05) is 29.2 Å². The van der Waals surface area contributed by atoms with E-state index in [-0.39, 0.29) is 12.1 Å². The number of aryl methyl sites for hydroxylation is 1. The van der Waals surface area contributed by atoms with Gasteiger partial charge in [0.15, 0.2) is 0 Å². The van der Waals surface area contributed by atoms with Crippen molar-refractivity contribution in [2.24, 2.45) is 0 Å². The summed E-state index contributed by atoms with van der Waals surface area (Å²) in [6.45, 7) is 3.41. The number of esters is 1. The molecule has 0 amide bonds. The van der Waals surface area contributed by atoms with Crippen LogP contribution in [-0.2, 0) is 29.0 Å². The number of hydrogen-bond donors (Lipinski definition) is 0. The Hall–Kier alpha value is -2.92. The summed E-state index contributed by atoms with van der Waals surface area (Å²) in [5.41, 5.74) is 4.09. The molecule has 2 aromatic carbocycles. The highest BCUT2D eigenvalue weighted by molar-refractivity contribution is 5.89. The maximum atomic E-state index is 11.6. The van der Waals surface area contributed by atoms with E-state index < -0.39 is 0 Å². The van der Waals surface area contributed by atoms with E-state index in [0.717, 1.165) is 17.5 Å². The van der Waals surface area contributed by atoms with Crippen LogP contribution in [0.5, 0.6) is 0 Å². The Morgan fingerprint density at radius 3 is 2.30 bits per heavy atom. The first-order valence-electron chi connectivity index (χ1n) is 12.0. The van der Waals surface area contributed by atoms with Gasteiger partial charge in [-0.05, 0) is 41.7 Å². The average molecular weight is 449 g/mol. The first-order chi connectivity index (χ1) is 16.2. The lowest BCUT2D eigenvalue weighted by Crippen LogP contribution is -2.12. The number of hydrogen-bond acceptors (Lipinski definition) is 4. The SMILES string of the molecule is CCCCCCCCc1ccc(C(Cn2ccnc2)OCc2ccc(C(=O)OC)cc2)cc1. The summed E-state index contributed by atoms with van der Waals surface area (Å²) in [5.74, 6) is -0.332. The molecule has 0 N–H and O–H groups in total. The minimum atomic E-state index is -0.332. The molecule has 1 heterocycles. The van der Waals surface area contributed by atoms with Gasteiger partial charge in [0.25, 0.3) is 0 Å². The highest BCUT2D eigenvalue weighted by atomic mass is 16.5. The summed E-state index contributed by atoms with van der Waals surface area (Å²) in [6.07, 6.45) is 14.5. The van der Waals surface area contributed by atoms with Crippen molar-refractivity contribution in [2.45, 2.75) is 71.1 Å². The van der Waals surface area contributed by atoms with Crippen molar-refractivity contribution >= 4 is 5.97 Å². The molecular weight excluding hydrogens is 412 g/mol. The summed E-state index contributed by atoms with van der Waals surface area (Å²) >= 11 is 0. The maximum absolute atomic E-state index is 11.6. The number of benzene rings is 2. The topological polar surface area (TPSA) is 53.4 Å². The van der Waals surface area contributed by atoms with E-state index in [9.17, 15) is 4.79 Å². The van der Waals surface area contributed by atoms with Crippen LogP contribution in [0.3, 0.4) is 0 Å². The van der Waals surface area contributed by atoms with Crippen molar-refractivity contribution in [3.05, 3.63) is 89.5 Å². The van der Waals surface area contributed by atoms with Crippen LogP contribution in [0, 0.1) is 0 Å². The number of carbonyl (C=O) groups excluding carboxylic acids is 1. The molecule has 1 unspecified atom stereocenters. The Morgan fingerprint density at radius 2 is 1.64 bits per heavy atom. The lowest BCUT2D eigenvalue weighted by Gasteiger charge is -2.20. The number of carbonyl (C=O) groups is 1. The standard InChI is InChI=1S/C28H36N2O3/c1-3-4-5-6-7-8-9-23-10-14-25(15-11-23)27(20-30-19-18-29-22-30)33-21-24-12-16-26(17-13-24)28(31)32-2/h10-19,22,27H,3-9,20-21H2,1-2H3. The number of rotatable bonds is 14. The second kappa shape index (κ2) is 13.6. The zero-order valence-electron chi connectivity index (χ0n) is 19.9. The van der Waals surface area contributed by atoms with Crippen molar-refractivity contribution in [3.63, 3.8) is 0 Å². The number of imidazole rings is 1. The molecule has 33 heavy (non-hydrogen) atoms. The van der Waals surface area contributed by atoms with Gasteiger partial charge in [0.05, 0.1) is 32.2 Å². The van der Waals surface area contributed by atoms with Crippen LogP contribution in [0.1, 0.15) is 78.6 Å². The van der Waals surface area contributed by atoms with Gasteiger partial charge < -0.3 is 14.0 Å². The number of methoxy groups -OCH3 is 1. The normalized spacial score (nSPS) is 11.9. The van der Waals surface area contributed by atoms with E-state index in [2.05, 4.69) is 36.2 Å². The largest absolute Gasteiger partial charge is 0.465 e. The van der Waals surface area contributed by atoms with Crippen LogP contribution >= 0.6 is 0 Å². The number of ether oxygens (including phenoxy) is 2. The van der Waals surface area contributed by atoms with Gasteiger partial charge in [-0.15, -0.1) is 0 Å². The number of nitrogens with zero attached hydrogens (tertiary/aromatic N) is 2. The van der Waals surface area contributed by atoms with Crippen molar-refractivity contribution in [1.82, 2.24) is 9.55 Å². The summed E-state index contributed by atoms with van der Waals surface area (Å²) < 4.78 is 13.1. The minimum absolute atomic E-state index is 0.0948. The van der Waals surface area contributed by atoms with Crippen LogP contribution in [-0.4, -0.2) is 22.6 Å². The molecular formula is C28H36N2O3. The molecule has 3 aromatic rings. The van der Waals surface area contributed by atoms with Gasteiger partial charge in [-0.1, -0.05) is 75.4 Å². The lowest BCUT2D eigenvalue weighted by molar-refractivity contribution is 0.0279. The summed E-state index contributed by atoms with van der Waals surface area (Å²) in [4.78, 5) is 15.8. The first kappa shape index (κ1) is 24.7. The van der Waals surface area contributed by atoms with Crippen molar-refractivity contribution in [2.75, 3.05) is 7.11 Å². The Kier molecular flexibility index (Phi) is 10.2. The van der Waals surface area contributed by atoms with E-state index in [4.69, 9.17) is 9.47 Å². The van der Waals surface area contributed by atoms with Crippen molar-refractivity contribution < 1.29 is 14.3 Å². The fourth-order valence-electron chi connectivity index (χ4n) is 3.90. The highest BCUT2D eigenvalue weighted by Gasteiger charge is 2.14. The number of aromatic nitrogens is 2. The summed E-state index contributed by atoms with van der Waals surface area (Å²) in [6, 6.07) is 16.2. The fourth-order valence-corrected chi connectivity index (χ4v) is 3.90. The lowest BCUT2D eigenvalue weighted by atomic mass is 10.0. The fraction of sp³-hybridized carbons (Fsp3) is 0.429. The molecule has 0 aliphatic heterocycles. The van der Waals surface area contributed by atoms with E-state index >= 15 is 0 Å². The Morgan fingerprint density at radius 1 is 0.939 bits per heavy atom. The molecule has 3 rings (SSSR count). The van der Waals surface area contributed by atoms with Crippen LogP contribution < -0.4 is 0 Å². The van der Waals surface area contributed by atoms with Crippen LogP contribution in [0.15, 0.2) is 67.3 Å². The Bertz CT molecular complexity index is 934. The van der Waals surface area contributed by atoms with Gasteiger partial charge in [-0.25, -0.2) is 9.78 Å². The number of unbranched alkanes of at least 4 members (excludes halogenated alkanes) is 5. The molecule has 5 nitrogen and oxygen atoms in total. The molecule has 0 radical (unpaired) electrons. The molecule has 0 spiro atoms. The van der Waals surface area contributed by atoms with Gasteiger partial charge in [0.2, 0.25) is 0 Å². The van der Waals surface area contributed by atoms with Crippen molar-refractivity contribution in [3.8, 4) is 0 Å². The first-order valence-corrected chi connectivity index (χ1v) is 12.0. The predicted molar refractivity (Wildman–Crippen MR) is 131 cm³/mol. The molecule has 0 bridgehead atoms. The highest BCUT2D eigenvalue weighted by Crippen LogP contribution is 2.23. The zero-order valence-corrected chi connectivity index (χ0v) is 19.9. The van der Waals surface area contributed by atoms with Gasteiger partial charge >= 0.3 is 5.97 Å². The van der Waals surface area contributed by atoms with Gasteiger partial charge in [-0.2, -0.15) is 0 Å². The third-order valence-corrected chi connectivity index (χ3v) is 5.93. The smallest absolute Gasteiger partial charge is 0.337 e. The average Bonchev–Trinajstić information content (AvgIpc) is 3.37. The second-order valence-electron chi connectivity index (χ2n) is 8.51. The third kappa shape index (κ3) is 8.17. The predicted octanol–water partition coefficient (Wildman–Crippen LogP) is 6.53. The molecule has 0 fully saturated rings. The van der Waals surface area contributed by atoms with Crippen molar-refractivity contribution in [1.29, 1.82) is 0 Å². The minimum Gasteiger partial charge on any atom is -0.465 e. The molecule has 176 valence electrons. The molecule has 1 aromatic heterocycles. The second-order valence-corrected chi connectivity index (χ2v) is 8.51. The summed E-state index contributed by atoms with van der Waals surface area (Å²) in [7, 11) is 1.39. The molecule has 0 aliphatic carbocycles. The van der Waals surface area contributed by atoms with Crippen LogP contribution in [0.2, 0.25) is 0 Å². The Balaban J connectivity index is 1.58. The van der Waals surface area contributed by atoms with Crippen LogP contribution in [0.4, 0.5) is 0 Å². The molecule has 0 saturated heterocycles. The van der Waals surface area contributed by atoms with Gasteiger partial charge in [-0.3, -0.25) is 0 Å². The Labute approximate surface area is 197 Å². The van der Waals surface area contributed by atoms with E-state index in [1.54, 1.807) is 18.3 Å². The molecule has 0 aliphatic rings. The maximum Gasteiger partial charge on any atom is 0.337 e. The quantitative estimate of drug-likeness (QED) is 0.208. The van der Waals surface area contributed by atoms with Crippen LogP contribution in [0.25, 0.3) is 0 Å². The van der Waals surface area contributed by atoms with E-state index in [0.29, 0.717) is 18.7 Å². The molecule has 5 heteroatoms. The van der Waals surface area contributed by atoms with Gasteiger partial charge in [0, 0.05) is 12.4 Å².